The van der Waals surface area contributed by atoms with Gasteiger partial charge in [0.1, 0.15) is 17.0 Å². The van der Waals surface area contributed by atoms with Crippen molar-refractivity contribution in [3.8, 4) is 0 Å². The number of likely N-dealkylation sites (tertiary alicyclic amines) is 1. The fraction of sp³-hybridized carbons (Fsp3) is 0.381. The van der Waals surface area contributed by atoms with Crippen LogP contribution >= 0.6 is 0 Å². The van der Waals surface area contributed by atoms with Crippen molar-refractivity contribution >= 4 is 23.3 Å². The van der Waals surface area contributed by atoms with Gasteiger partial charge >= 0.3 is 12.2 Å². The zero-order valence-electron chi connectivity index (χ0n) is 17.5. The van der Waals surface area contributed by atoms with Gasteiger partial charge in [-0.1, -0.05) is 0 Å². The molecule has 1 saturated heterocycles. The van der Waals surface area contributed by atoms with E-state index >= 15 is 0 Å². The number of aromatic nitrogens is 3. The molecule has 3 amide bonds. The quantitative estimate of drug-likeness (QED) is 0.584. The highest BCUT2D eigenvalue weighted by Gasteiger charge is 2.54. The molecule has 33 heavy (non-hydrogen) atoms. The first-order chi connectivity index (χ1) is 15.5. The predicted octanol–water partition coefficient (Wildman–Crippen LogP) is 3.26. The first-order valence-electron chi connectivity index (χ1n) is 10.3. The van der Waals surface area contributed by atoms with E-state index in [9.17, 15) is 27.2 Å². The van der Waals surface area contributed by atoms with Crippen molar-refractivity contribution in [1.82, 2.24) is 24.4 Å². The minimum Gasteiger partial charge on any atom is -0.337 e. The lowest BCUT2D eigenvalue weighted by molar-refractivity contribution is -0.139. The number of carbonyl (C=O) groups is 2. The molecule has 1 spiro atoms. The summed E-state index contributed by atoms with van der Waals surface area (Å²) in [6.45, 7) is 1.14. The molecule has 0 bridgehead atoms. The number of nitrogens with one attached hydrogen (secondary N) is 2. The third-order valence-electron chi connectivity index (χ3n) is 6.33. The van der Waals surface area contributed by atoms with Gasteiger partial charge in [0, 0.05) is 49.7 Å². The Hall–Kier alpha value is -3.57. The minimum absolute atomic E-state index is 0.0621. The average Bonchev–Trinajstić information content (AvgIpc) is 3.26. The third kappa shape index (κ3) is 3.68. The summed E-state index contributed by atoms with van der Waals surface area (Å²) in [4.78, 5) is 26.7. The number of anilines is 1. The molecule has 1 aliphatic carbocycles. The molecular formula is C21H20F4N6O2. The number of rotatable bonds is 3. The van der Waals surface area contributed by atoms with Gasteiger partial charge in [0.15, 0.2) is 0 Å². The van der Waals surface area contributed by atoms with Crippen LogP contribution in [-0.2, 0) is 13.2 Å². The summed E-state index contributed by atoms with van der Waals surface area (Å²) in [5, 5.41) is 9.22. The van der Waals surface area contributed by atoms with Crippen molar-refractivity contribution in [3.05, 3.63) is 53.7 Å². The molecule has 1 aliphatic heterocycles. The molecule has 2 aromatic heterocycles. The Labute approximate surface area is 185 Å². The largest absolute Gasteiger partial charge is 0.419 e. The highest BCUT2D eigenvalue weighted by molar-refractivity contribution is 6.00. The Balaban J connectivity index is 1.13. The van der Waals surface area contributed by atoms with Crippen molar-refractivity contribution in [2.24, 2.45) is 12.5 Å². The number of fused-ring (bicyclic) bond motifs is 1. The lowest BCUT2D eigenvalue weighted by Gasteiger charge is -2.58. The van der Waals surface area contributed by atoms with Gasteiger partial charge in [-0.2, -0.15) is 18.3 Å². The zero-order chi connectivity index (χ0) is 23.5. The van der Waals surface area contributed by atoms with Gasteiger partial charge in [-0.25, -0.2) is 13.7 Å². The summed E-state index contributed by atoms with van der Waals surface area (Å²) >= 11 is 0. The smallest absolute Gasteiger partial charge is 0.337 e. The van der Waals surface area contributed by atoms with Crippen LogP contribution in [0.3, 0.4) is 0 Å². The molecule has 0 atom stereocenters. The molecule has 2 aliphatic rings. The Morgan fingerprint density at radius 1 is 1.18 bits per heavy atom. The molecule has 174 valence electrons. The van der Waals surface area contributed by atoms with Crippen LogP contribution in [0.4, 0.5) is 28.0 Å². The van der Waals surface area contributed by atoms with E-state index in [0.717, 1.165) is 11.7 Å². The summed E-state index contributed by atoms with van der Waals surface area (Å²) in [6.07, 6.45) is 1.61. The van der Waals surface area contributed by atoms with Crippen LogP contribution in [0.15, 0.2) is 36.8 Å². The standard InChI is InChI=1S/C21H20F4N6O2/c1-29-4-5-31-17(29)14(9-26-31)18(32)30-10-20(11-30)7-13(8-20)28-19(33)27-12-2-3-16(22)15(6-12)21(23,24)25/h2-6,9,13H,7-8,10-11H2,1H3,(H2,27,28,33). The number of carbonyl (C=O) groups excluding carboxylic acids is 2. The van der Waals surface area contributed by atoms with Gasteiger partial charge in [0.05, 0.1) is 11.8 Å². The van der Waals surface area contributed by atoms with E-state index in [1.54, 1.807) is 21.8 Å². The molecule has 3 aromatic rings. The number of hydrogen-bond acceptors (Lipinski definition) is 3. The molecule has 0 unspecified atom stereocenters. The van der Waals surface area contributed by atoms with Crippen LogP contribution < -0.4 is 10.6 Å². The van der Waals surface area contributed by atoms with E-state index in [-0.39, 0.29) is 23.1 Å². The fourth-order valence-electron chi connectivity index (χ4n) is 4.80. The Morgan fingerprint density at radius 3 is 2.61 bits per heavy atom. The molecular weight excluding hydrogens is 444 g/mol. The van der Waals surface area contributed by atoms with E-state index in [1.807, 2.05) is 17.8 Å². The Bertz CT molecular complexity index is 1250. The maximum Gasteiger partial charge on any atom is 0.419 e. The second kappa shape index (κ2) is 7.22. The number of amides is 3. The van der Waals surface area contributed by atoms with Crippen LogP contribution in [0.1, 0.15) is 28.8 Å². The number of aryl methyl sites for hydroxylation is 1. The first-order valence-corrected chi connectivity index (χ1v) is 10.3. The van der Waals surface area contributed by atoms with Crippen LogP contribution in [0.2, 0.25) is 0 Å². The highest BCUT2D eigenvalue weighted by Crippen LogP contribution is 2.48. The van der Waals surface area contributed by atoms with Crippen LogP contribution in [0, 0.1) is 11.2 Å². The summed E-state index contributed by atoms with van der Waals surface area (Å²) < 4.78 is 55.3. The molecule has 2 fully saturated rings. The molecule has 3 heterocycles. The number of benzene rings is 1. The second-order valence-electron chi connectivity index (χ2n) is 8.79. The van der Waals surface area contributed by atoms with Crippen molar-refractivity contribution < 1.29 is 27.2 Å². The number of nitrogens with zero attached hydrogens (tertiary/aromatic N) is 4. The van der Waals surface area contributed by atoms with Gasteiger partial charge in [-0.05, 0) is 31.0 Å². The van der Waals surface area contributed by atoms with Gasteiger partial charge < -0.3 is 20.1 Å². The van der Waals surface area contributed by atoms with Crippen molar-refractivity contribution in [1.29, 1.82) is 0 Å². The van der Waals surface area contributed by atoms with Gasteiger partial charge in [-0.3, -0.25) is 4.79 Å². The molecule has 0 radical (unpaired) electrons. The maximum absolute atomic E-state index is 13.4. The number of hydrogen-bond donors (Lipinski definition) is 2. The van der Waals surface area contributed by atoms with E-state index in [4.69, 9.17) is 0 Å². The van der Waals surface area contributed by atoms with Crippen LogP contribution in [0.25, 0.3) is 5.65 Å². The lowest BCUT2D eigenvalue weighted by Crippen LogP contribution is -2.67. The Morgan fingerprint density at radius 2 is 1.91 bits per heavy atom. The van der Waals surface area contributed by atoms with Gasteiger partial charge in [-0.15, -0.1) is 0 Å². The summed E-state index contributed by atoms with van der Waals surface area (Å²) in [5.41, 5.74) is -0.395. The molecule has 1 saturated carbocycles. The number of imidazole rings is 1. The topological polar surface area (TPSA) is 83.7 Å². The van der Waals surface area contributed by atoms with E-state index in [0.29, 0.717) is 43.6 Å². The summed E-state index contributed by atoms with van der Waals surface area (Å²) in [7, 11) is 1.84. The number of urea groups is 1. The van der Waals surface area contributed by atoms with Crippen LogP contribution in [0.5, 0.6) is 0 Å². The van der Waals surface area contributed by atoms with E-state index in [1.165, 1.54) is 0 Å². The molecule has 8 nitrogen and oxygen atoms in total. The number of alkyl halides is 3. The molecule has 2 N–H and O–H groups in total. The second-order valence-corrected chi connectivity index (χ2v) is 8.79. The molecule has 5 rings (SSSR count). The van der Waals surface area contributed by atoms with Gasteiger partial charge in [0.2, 0.25) is 0 Å². The van der Waals surface area contributed by atoms with Crippen molar-refractivity contribution in [3.63, 3.8) is 0 Å². The summed E-state index contributed by atoms with van der Waals surface area (Å²) in [5.74, 6) is -1.49. The SMILES string of the molecule is Cn1ccn2ncc(C(=O)N3CC4(CC(NC(=O)Nc5ccc(F)c(C(F)(F)F)c5)C4)C3)c12. The maximum atomic E-state index is 13.4. The third-order valence-corrected chi connectivity index (χ3v) is 6.33. The molecule has 1 aromatic carbocycles. The minimum atomic E-state index is -4.85. The first kappa shape index (κ1) is 21.3. The average molecular weight is 464 g/mol. The zero-order valence-corrected chi connectivity index (χ0v) is 17.5. The number of halogens is 4. The predicted molar refractivity (Wildman–Crippen MR) is 109 cm³/mol. The molecule has 12 heteroatoms. The normalized spacial score (nSPS) is 17.7. The monoisotopic (exact) mass is 464 g/mol. The Kier molecular flexibility index (Phi) is 4.66. The fourth-order valence-corrected chi connectivity index (χ4v) is 4.80. The van der Waals surface area contributed by atoms with Gasteiger partial charge in [0.25, 0.3) is 5.91 Å². The lowest BCUT2D eigenvalue weighted by atomic mass is 9.60. The highest BCUT2D eigenvalue weighted by atomic mass is 19.4. The van der Waals surface area contributed by atoms with E-state index in [2.05, 4.69) is 15.7 Å². The van der Waals surface area contributed by atoms with E-state index < -0.39 is 23.6 Å². The van der Waals surface area contributed by atoms with Crippen LogP contribution in [-0.4, -0.2) is 50.2 Å². The van der Waals surface area contributed by atoms with Crippen molar-refractivity contribution in [2.45, 2.75) is 25.1 Å². The van der Waals surface area contributed by atoms with Crippen molar-refractivity contribution in [2.75, 3.05) is 18.4 Å². The summed E-state index contributed by atoms with van der Waals surface area (Å²) in [6, 6.07) is 1.49.